The van der Waals surface area contributed by atoms with Gasteiger partial charge in [-0.05, 0) is 43.9 Å². The number of hydrogen-bond acceptors (Lipinski definition) is 4. The van der Waals surface area contributed by atoms with Gasteiger partial charge >= 0.3 is 12.1 Å². The molecule has 0 aromatic heterocycles. The van der Waals surface area contributed by atoms with Crippen LogP contribution in [-0.2, 0) is 9.59 Å². The van der Waals surface area contributed by atoms with Crippen LogP contribution < -0.4 is 15.1 Å². The first-order chi connectivity index (χ1) is 14.2. The molecule has 9 heteroatoms. The summed E-state index contributed by atoms with van der Waals surface area (Å²) in [6.45, 7) is 0.802. The molecule has 2 amide bonds. The second-order valence-electron chi connectivity index (χ2n) is 8.18. The van der Waals surface area contributed by atoms with Crippen LogP contribution in [0.25, 0.3) is 5.57 Å². The van der Waals surface area contributed by atoms with E-state index in [4.69, 9.17) is 0 Å². The molecule has 0 atom stereocenters. The van der Waals surface area contributed by atoms with E-state index in [1.807, 2.05) is 37.2 Å². The molecule has 1 aromatic rings. The number of allylic oxidation sites excluding steroid dienone is 1. The van der Waals surface area contributed by atoms with Gasteiger partial charge in [-0.1, -0.05) is 0 Å². The smallest absolute Gasteiger partial charge is 0.388 e. The minimum absolute atomic E-state index is 0.0118. The highest BCUT2D eigenvalue weighted by atomic mass is 19.4. The van der Waals surface area contributed by atoms with Crippen molar-refractivity contribution in [3.05, 3.63) is 29.5 Å². The number of benzene rings is 1. The van der Waals surface area contributed by atoms with Crippen LogP contribution in [0.2, 0.25) is 0 Å². The number of rotatable bonds is 2. The molecule has 3 aliphatic heterocycles. The number of halogens is 3. The molecule has 3 aliphatic rings. The van der Waals surface area contributed by atoms with Crippen molar-refractivity contribution in [1.29, 1.82) is 0 Å². The second-order valence-corrected chi connectivity index (χ2v) is 8.18. The summed E-state index contributed by atoms with van der Waals surface area (Å²) >= 11 is 0. The van der Waals surface area contributed by atoms with Gasteiger partial charge in [-0.2, -0.15) is 13.2 Å². The Morgan fingerprint density at radius 1 is 1.20 bits per heavy atom. The molecule has 1 N–H and O–H groups in total. The van der Waals surface area contributed by atoms with Gasteiger partial charge < -0.3 is 20.0 Å². The van der Waals surface area contributed by atoms with Gasteiger partial charge in [0.05, 0.1) is 11.3 Å². The summed E-state index contributed by atoms with van der Waals surface area (Å²) < 4.78 is 38.2. The summed E-state index contributed by atoms with van der Waals surface area (Å²) in [6, 6.07) is 5.62. The fraction of sp³-hybridized carbons (Fsp3) is 0.524. The number of fused-ring (bicyclic) bond motifs is 1. The minimum atomic E-state index is -4.86. The third-order valence-electron chi connectivity index (χ3n) is 6.06. The molecule has 1 aromatic carbocycles. The molecule has 0 saturated carbocycles. The summed E-state index contributed by atoms with van der Waals surface area (Å²) in [4.78, 5) is 29.5. The van der Waals surface area contributed by atoms with E-state index in [2.05, 4.69) is 5.32 Å². The van der Waals surface area contributed by atoms with Crippen molar-refractivity contribution >= 4 is 28.8 Å². The van der Waals surface area contributed by atoms with Crippen LogP contribution in [-0.4, -0.2) is 62.7 Å². The van der Waals surface area contributed by atoms with Crippen molar-refractivity contribution < 1.29 is 22.8 Å². The standard InChI is InChI=1S/C21H25F3N4O2/c1-26(2)14-5-6-17-15(12-14)18(16-4-3-9-25-16)19(29)28(17)13-7-10-27(11-8-13)20(30)21(22,23)24/h5-6,12-13,25H,3-4,7-11H2,1-2H3/b18-16-. The first-order valence-corrected chi connectivity index (χ1v) is 10.2. The number of piperidine rings is 1. The zero-order chi connectivity index (χ0) is 21.6. The number of alkyl halides is 3. The number of carbonyl (C=O) groups is 2. The van der Waals surface area contributed by atoms with Crippen molar-refractivity contribution in [2.75, 3.05) is 43.5 Å². The summed E-state index contributed by atoms with van der Waals surface area (Å²) in [5.74, 6) is -1.91. The van der Waals surface area contributed by atoms with Crippen LogP contribution in [0.4, 0.5) is 24.5 Å². The van der Waals surface area contributed by atoms with Crippen LogP contribution in [0, 0.1) is 0 Å². The Kier molecular flexibility index (Phi) is 5.15. The zero-order valence-corrected chi connectivity index (χ0v) is 17.1. The van der Waals surface area contributed by atoms with Crippen LogP contribution >= 0.6 is 0 Å². The Balaban J connectivity index is 1.63. The van der Waals surface area contributed by atoms with E-state index in [9.17, 15) is 22.8 Å². The van der Waals surface area contributed by atoms with Gasteiger partial charge in [0.15, 0.2) is 0 Å². The SMILES string of the molecule is CN(C)c1ccc2c(c1)/C(=C1\CCCN1)C(=O)N2C1CCN(C(=O)C(F)(F)F)CC1. The molecule has 0 aliphatic carbocycles. The number of carbonyl (C=O) groups excluding carboxylic acids is 2. The molecule has 2 saturated heterocycles. The number of amides is 2. The summed E-state index contributed by atoms with van der Waals surface area (Å²) in [6.07, 6.45) is -2.46. The normalized spacial score (nSPS) is 22.4. The topological polar surface area (TPSA) is 55.9 Å². The van der Waals surface area contributed by atoms with Gasteiger partial charge in [0.25, 0.3) is 5.91 Å². The van der Waals surface area contributed by atoms with E-state index >= 15 is 0 Å². The number of hydrogen-bond donors (Lipinski definition) is 1. The Morgan fingerprint density at radius 2 is 1.90 bits per heavy atom. The lowest BCUT2D eigenvalue weighted by Crippen LogP contribution is -2.50. The lowest BCUT2D eigenvalue weighted by molar-refractivity contribution is -0.186. The van der Waals surface area contributed by atoms with Gasteiger partial charge in [0.2, 0.25) is 0 Å². The van der Waals surface area contributed by atoms with E-state index in [1.165, 1.54) is 0 Å². The number of nitrogens with one attached hydrogen (secondary N) is 1. The van der Waals surface area contributed by atoms with E-state index in [-0.39, 0.29) is 25.0 Å². The number of anilines is 2. The molecule has 0 spiro atoms. The maximum atomic E-state index is 13.5. The Bertz CT molecular complexity index is 894. The third-order valence-corrected chi connectivity index (χ3v) is 6.06. The molecule has 4 rings (SSSR count). The first kappa shape index (κ1) is 20.6. The largest absolute Gasteiger partial charge is 0.471 e. The monoisotopic (exact) mass is 422 g/mol. The summed E-state index contributed by atoms with van der Waals surface area (Å²) in [7, 11) is 3.87. The van der Waals surface area contributed by atoms with Gasteiger partial charge in [0, 0.05) is 56.7 Å². The van der Waals surface area contributed by atoms with Crippen LogP contribution in [0.5, 0.6) is 0 Å². The molecular formula is C21H25F3N4O2. The van der Waals surface area contributed by atoms with Crippen LogP contribution in [0.3, 0.4) is 0 Å². The number of nitrogens with zero attached hydrogens (tertiary/aromatic N) is 3. The highest BCUT2D eigenvalue weighted by Gasteiger charge is 2.45. The van der Waals surface area contributed by atoms with Gasteiger partial charge in [-0.25, -0.2) is 0 Å². The van der Waals surface area contributed by atoms with Crippen molar-refractivity contribution in [3.63, 3.8) is 0 Å². The lowest BCUT2D eigenvalue weighted by Gasteiger charge is -2.37. The van der Waals surface area contributed by atoms with Gasteiger partial charge in [-0.3, -0.25) is 9.59 Å². The van der Waals surface area contributed by atoms with Crippen LogP contribution in [0.1, 0.15) is 31.2 Å². The van der Waals surface area contributed by atoms with Crippen molar-refractivity contribution in [3.8, 4) is 0 Å². The molecule has 0 unspecified atom stereocenters. The fourth-order valence-corrected chi connectivity index (χ4v) is 4.52. The molecule has 3 heterocycles. The average Bonchev–Trinajstić information content (AvgIpc) is 3.31. The Labute approximate surface area is 173 Å². The molecule has 30 heavy (non-hydrogen) atoms. The van der Waals surface area contributed by atoms with Crippen molar-refractivity contribution in [2.45, 2.75) is 37.9 Å². The summed E-state index contributed by atoms with van der Waals surface area (Å²) in [5.41, 5.74) is 4.24. The van der Waals surface area contributed by atoms with Gasteiger partial charge in [-0.15, -0.1) is 0 Å². The van der Waals surface area contributed by atoms with Crippen LogP contribution in [0.15, 0.2) is 23.9 Å². The Morgan fingerprint density at radius 3 is 2.47 bits per heavy atom. The molecule has 6 nitrogen and oxygen atoms in total. The minimum Gasteiger partial charge on any atom is -0.388 e. The maximum absolute atomic E-state index is 13.5. The third kappa shape index (κ3) is 3.50. The molecule has 0 bridgehead atoms. The van der Waals surface area contributed by atoms with Gasteiger partial charge in [0.1, 0.15) is 0 Å². The highest BCUT2D eigenvalue weighted by molar-refractivity contribution is 6.33. The second kappa shape index (κ2) is 7.52. The predicted octanol–water partition coefficient (Wildman–Crippen LogP) is 2.75. The van der Waals surface area contributed by atoms with Crippen molar-refractivity contribution in [1.82, 2.24) is 10.2 Å². The molecular weight excluding hydrogens is 397 g/mol. The fourth-order valence-electron chi connectivity index (χ4n) is 4.52. The van der Waals surface area contributed by atoms with E-state index in [0.29, 0.717) is 18.4 Å². The highest BCUT2D eigenvalue weighted by Crippen LogP contribution is 2.43. The maximum Gasteiger partial charge on any atom is 0.471 e. The predicted molar refractivity (Wildman–Crippen MR) is 108 cm³/mol. The number of likely N-dealkylation sites (tertiary alicyclic amines) is 1. The average molecular weight is 422 g/mol. The summed E-state index contributed by atoms with van der Waals surface area (Å²) in [5, 5.41) is 3.32. The van der Waals surface area contributed by atoms with E-state index in [1.54, 1.807) is 4.90 Å². The molecule has 2 fully saturated rings. The van der Waals surface area contributed by atoms with E-state index < -0.39 is 12.1 Å². The Hall–Kier alpha value is -2.71. The quantitative estimate of drug-likeness (QED) is 0.745. The molecule has 0 radical (unpaired) electrons. The zero-order valence-electron chi connectivity index (χ0n) is 17.1. The van der Waals surface area contributed by atoms with E-state index in [0.717, 1.165) is 46.9 Å². The lowest BCUT2D eigenvalue weighted by atomic mass is 10.0. The first-order valence-electron chi connectivity index (χ1n) is 10.2. The molecule has 162 valence electrons. The van der Waals surface area contributed by atoms with Crippen molar-refractivity contribution in [2.24, 2.45) is 0 Å².